The molecule has 0 radical (unpaired) electrons. The minimum absolute atomic E-state index is 0.223. The van der Waals surface area contributed by atoms with Crippen molar-refractivity contribution in [1.29, 1.82) is 0 Å². The van der Waals surface area contributed by atoms with E-state index in [-0.39, 0.29) is 18.3 Å². The fourth-order valence-corrected chi connectivity index (χ4v) is 6.70. The van der Waals surface area contributed by atoms with Crippen molar-refractivity contribution < 1.29 is 9.53 Å². The molecular formula is C34H44N8O2. The Morgan fingerprint density at radius 1 is 0.977 bits per heavy atom. The first-order valence-electron chi connectivity index (χ1n) is 16.0. The molecule has 6 rings (SSSR count). The summed E-state index contributed by atoms with van der Waals surface area (Å²) < 4.78 is 5.84. The summed E-state index contributed by atoms with van der Waals surface area (Å²) in [7, 11) is 0. The maximum absolute atomic E-state index is 12.3. The lowest BCUT2D eigenvalue weighted by molar-refractivity contribution is -0.121. The van der Waals surface area contributed by atoms with Gasteiger partial charge in [-0.3, -0.25) is 9.69 Å². The summed E-state index contributed by atoms with van der Waals surface area (Å²) >= 11 is 0. The van der Waals surface area contributed by atoms with Gasteiger partial charge in [0.05, 0.1) is 11.9 Å². The zero-order chi connectivity index (χ0) is 30.3. The molecule has 2 bridgehead atoms. The predicted octanol–water partition coefficient (Wildman–Crippen LogP) is 4.29. The van der Waals surface area contributed by atoms with Gasteiger partial charge in [-0.25, -0.2) is 15.0 Å². The molecule has 0 spiro atoms. The van der Waals surface area contributed by atoms with Crippen LogP contribution in [0, 0.1) is 17.8 Å². The maximum Gasteiger partial charge on any atom is 0.258 e. The van der Waals surface area contributed by atoms with E-state index in [1.165, 1.54) is 18.5 Å². The zero-order valence-electron chi connectivity index (χ0n) is 25.4. The van der Waals surface area contributed by atoms with Gasteiger partial charge in [-0.2, -0.15) is 0 Å². The van der Waals surface area contributed by atoms with Crippen LogP contribution >= 0.6 is 0 Å². The monoisotopic (exact) mass is 596 g/mol. The van der Waals surface area contributed by atoms with Gasteiger partial charge in [0, 0.05) is 56.6 Å². The second-order valence-corrected chi connectivity index (χ2v) is 12.4. The number of nitrogens with zero attached hydrogens (tertiary/aromatic N) is 5. The first-order chi connectivity index (χ1) is 21.5. The number of pyridine rings is 1. The highest BCUT2D eigenvalue weighted by Gasteiger charge is 2.35. The summed E-state index contributed by atoms with van der Waals surface area (Å²) in [5.74, 6) is 3.32. The molecule has 3 unspecified atom stereocenters. The number of nitrogen functional groups attached to an aromatic ring is 2. The van der Waals surface area contributed by atoms with Crippen molar-refractivity contribution in [3.63, 3.8) is 0 Å². The molecule has 2 fully saturated rings. The average molecular weight is 597 g/mol. The van der Waals surface area contributed by atoms with Crippen LogP contribution in [0.1, 0.15) is 44.1 Å². The Labute approximate surface area is 259 Å². The molecular weight excluding hydrogens is 552 g/mol. The number of carbonyl (C=O) groups is 1. The number of hydrogen-bond donors (Lipinski definition) is 3. The van der Waals surface area contributed by atoms with Gasteiger partial charge in [0.15, 0.2) is 5.82 Å². The molecule has 10 heteroatoms. The lowest BCUT2D eigenvalue weighted by atomic mass is 9.93. The summed E-state index contributed by atoms with van der Waals surface area (Å²) in [6.45, 7) is 6.32. The normalized spacial score (nSPS) is 21.1. The van der Waals surface area contributed by atoms with Crippen molar-refractivity contribution in [3.05, 3.63) is 66.5 Å². The topological polar surface area (TPSA) is 136 Å². The van der Waals surface area contributed by atoms with E-state index in [1.807, 2.05) is 6.07 Å². The standard InChI is InChI=1S/C34H44N8O2/c35-31-20-25(11-12-37-31)23-44-34-33(36)39-22-30(40-34)26-7-9-29(10-8-26)42-16-14-41(15-17-42)13-3-1-2-4-32(43)38-21-28-19-24-5-6-27(28)18-24/h5-12,20,22,24,27-28H,1-4,13-19,21,23H2,(H2,35,37)(H2,36,39)(H,38,43). The quantitative estimate of drug-likeness (QED) is 0.195. The molecule has 5 N–H and O–H groups in total. The fraction of sp³-hybridized carbons (Fsp3) is 0.471. The van der Waals surface area contributed by atoms with Crippen LogP contribution in [0.3, 0.4) is 0 Å². The number of benzene rings is 1. The molecule has 3 atom stereocenters. The number of hydrogen-bond acceptors (Lipinski definition) is 9. The van der Waals surface area contributed by atoms with Crippen LogP contribution in [0.2, 0.25) is 0 Å². The Bertz CT molecular complexity index is 1440. The Kier molecular flexibility index (Phi) is 9.55. The number of piperazine rings is 1. The smallest absolute Gasteiger partial charge is 0.258 e. The number of unbranched alkanes of at least 4 members (excludes halogenated alkanes) is 2. The van der Waals surface area contributed by atoms with Crippen LogP contribution in [-0.2, 0) is 11.4 Å². The van der Waals surface area contributed by atoms with Crippen LogP contribution in [0.5, 0.6) is 5.88 Å². The first kappa shape index (κ1) is 29.9. The molecule has 1 amide bonds. The third-order valence-corrected chi connectivity index (χ3v) is 9.24. The minimum atomic E-state index is 0.223. The molecule has 2 aliphatic carbocycles. The Balaban J connectivity index is 0.889. The van der Waals surface area contributed by atoms with Crippen LogP contribution in [-0.4, -0.2) is 65.0 Å². The lowest BCUT2D eigenvalue weighted by Gasteiger charge is -2.36. The molecule has 232 valence electrons. The van der Waals surface area contributed by atoms with E-state index in [2.05, 4.69) is 66.5 Å². The van der Waals surface area contributed by atoms with Gasteiger partial charge < -0.3 is 26.4 Å². The van der Waals surface area contributed by atoms with E-state index >= 15 is 0 Å². The molecule has 44 heavy (non-hydrogen) atoms. The Hall–Kier alpha value is -4.18. The van der Waals surface area contributed by atoms with Crippen molar-refractivity contribution in [3.8, 4) is 17.1 Å². The molecule has 10 nitrogen and oxygen atoms in total. The molecule has 3 aromatic rings. The largest absolute Gasteiger partial charge is 0.470 e. The third kappa shape index (κ3) is 7.66. The number of aromatic nitrogens is 3. The fourth-order valence-electron chi connectivity index (χ4n) is 6.70. The molecule has 1 saturated heterocycles. The summed E-state index contributed by atoms with van der Waals surface area (Å²) in [5, 5.41) is 3.19. The van der Waals surface area contributed by atoms with Gasteiger partial charge in [-0.15, -0.1) is 0 Å². The number of ether oxygens (including phenoxy) is 1. The molecule has 1 saturated carbocycles. The number of rotatable bonds is 13. The molecule has 2 aromatic heterocycles. The Morgan fingerprint density at radius 3 is 2.57 bits per heavy atom. The lowest BCUT2D eigenvalue weighted by Crippen LogP contribution is -2.46. The van der Waals surface area contributed by atoms with E-state index in [0.717, 1.165) is 75.6 Å². The molecule has 1 aromatic carbocycles. The summed E-state index contributed by atoms with van der Waals surface area (Å²) in [6, 6.07) is 12.0. The third-order valence-electron chi connectivity index (χ3n) is 9.24. The van der Waals surface area contributed by atoms with Crippen LogP contribution < -0.4 is 26.4 Å². The van der Waals surface area contributed by atoms with Crippen molar-refractivity contribution >= 4 is 23.2 Å². The number of nitrogens with one attached hydrogen (secondary N) is 1. The number of fused-ring (bicyclic) bond motifs is 2. The number of nitrogens with two attached hydrogens (primary N) is 2. The van der Waals surface area contributed by atoms with Gasteiger partial charge >= 0.3 is 0 Å². The average Bonchev–Trinajstić information content (AvgIpc) is 3.68. The van der Waals surface area contributed by atoms with Crippen molar-refractivity contribution in [2.24, 2.45) is 17.8 Å². The summed E-state index contributed by atoms with van der Waals surface area (Å²) in [5.41, 5.74) is 15.5. The van der Waals surface area contributed by atoms with Crippen LogP contribution in [0.4, 0.5) is 17.3 Å². The number of carbonyl (C=O) groups excluding carboxylic acids is 1. The second-order valence-electron chi connectivity index (χ2n) is 12.4. The highest BCUT2D eigenvalue weighted by Crippen LogP contribution is 2.43. The van der Waals surface area contributed by atoms with Gasteiger partial charge in [-0.1, -0.05) is 30.7 Å². The van der Waals surface area contributed by atoms with Gasteiger partial charge in [0.1, 0.15) is 12.4 Å². The first-order valence-corrected chi connectivity index (χ1v) is 16.0. The predicted molar refractivity (Wildman–Crippen MR) is 174 cm³/mol. The van der Waals surface area contributed by atoms with Crippen LogP contribution in [0.25, 0.3) is 11.3 Å². The number of anilines is 3. The van der Waals surface area contributed by atoms with E-state index in [0.29, 0.717) is 35.6 Å². The summed E-state index contributed by atoms with van der Waals surface area (Å²) in [6.07, 6.45) is 14.4. The van der Waals surface area contributed by atoms with Crippen molar-refractivity contribution in [2.75, 3.05) is 55.6 Å². The van der Waals surface area contributed by atoms with E-state index < -0.39 is 0 Å². The summed E-state index contributed by atoms with van der Waals surface area (Å²) in [4.78, 5) is 30.2. The van der Waals surface area contributed by atoms with Crippen LogP contribution in [0.15, 0.2) is 60.9 Å². The van der Waals surface area contributed by atoms with Crippen molar-refractivity contribution in [2.45, 2.75) is 45.1 Å². The Morgan fingerprint density at radius 2 is 1.82 bits per heavy atom. The van der Waals surface area contributed by atoms with Gasteiger partial charge in [0.2, 0.25) is 5.91 Å². The molecule has 1 aliphatic heterocycles. The zero-order valence-corrected chi connectivity index (χ0v) is 25.4. The maximum atomic E-state index is 12.3. The number of allylic oxidation sites excluding steroid dienone is 2. The minimum Gasteiger partial charge on any atom is -0.470 e. The van der Waals surface area contributed by atoms with E-state index in [9.17, 15) is 4.79 Å². The molecule has 3 heterocycles. The number of amides is 1. The van der Waals surface area contributed by atoms with Gasteiger partial charge in [0.25, 0.3) is 5.88 Å². The van der Waals surface area contributed by atoms with E-state index in [4.69, 9.17) is 16.2 Å². The van der Waals surface area contributed by atoms with Crippen molar-refractivity contribution in [1.82, 2.24) is 25.2 Å². The highest BCUT2D eigenvalue weighted by atomic mass is 16.5. The molecule has 3 aliphatic rings. The second kappa shape index (κ2) is 14.1. The SMILES string of the molecule is Nc1cc(COc2nc(-c3ccc(N4CCN(CCCCCC(=O)NCC5CC6C=CC5C6)CC4)cc3)cnc2N)ccn1. The van der Waals surface area contributed by atoms with Gasteiger partial charge in [-0.05, 0) is 79.8 Å². The highest BCUT2D eigenvalue weighted by molar-refractivity contribution is 5.75. The van der Waals surface area contributed by atoms with E-state index in [1.54, 1.807) is 18.5 Å².